The normalized spacial score (nSPS) is 14.8. The van der Waals surface area contributed by atoms with Crippen molar-refractivity contribution in [1.82, 2.24) is 5.32 Å². The predicted octanol–water partition coefficient (Wildman–Crippen LogP) is 1.99. The number of methoxy groups -OCH3 is 1. The lowest BCUT2D eigenvalue weighted by Crippen LogP contribution is -2.41. The number of aldehydes is 1. The number of carbonyl (C=O) groups excluding carboxylic acids is 1. The Kier molecular flexibility index (Phi) is 19.1. The first-order valence-electron chi connectivity index (χ1n) is 7.97. The van der Waals surface area contributed by atoms with Gasteiger partial charge in [-0.05, 0) is 19.3 Å². The molecule has 0 spiro atoms. The maximum Gasteiger partial charge on any atom is 0.136 e. The quantitative estimate of drug-likeness (QED) is 0.539. The Morgan fingerprint density at radius 2 is 1.86 bits per heavy atom. The Labute approximate surface area is 130 Å². The number of nitrogens with two attached hydrogens (primary N) is 1. The largest absolute Gasteiger partial charge is 0.388 e. The number of nitrogens with one attached hydrogen (secondary N) is 1. The van der Waals surface area contributed by atoms with Gasteiger partial charge in [-0.3, -0.25) is 0 Å². The molecule has 0 amide bonds. The molecule has 0 radical (unpaired) electrons. The van der Waals surface area contributed by atoms with Crippen molar-refractivity contribution in [2.45, 2.75) is 58.5 Å². The molecule has 5 nitrogen and oxygen atoms in total. The average Bonchev–Trinajstić information content (AvgIpc) is 2.48. The third kappa shape index (κ3) is 17.5. The second kappa shape index (κ2) is 17.6. The van der Waals surface area contributed by atoms with E-state index in [0.29, 0.717) is 19.1 Å². The first kappa shape index (κ1) is 22.8. The van der Waals surface area contributed by atoms with Gasteiger partial charge >= 0.3 is 0 Å². The molecule has 0 aromatic rings. The minimum Gasteiger partial charge on any atom is -0.388 e. The summed E-state index contributed by atoms with van der Waals surface area (Å²) in [4.78, 5) is 10.4. The van der Waals surface area contributed by atoms with Crippen LogP contribution in [0.25, 0.3) is 0 Å². The van der Waals surface area contributed by atoms with Crippen LogP contribution in [-0.2, 0) is 14.3 Å². The Morgan fingerprint density at radius 1 is 1.24 bits per heavy atom. The van der Waals surface area contributed by atoms with Crippen LogP contribution in [-0.4, -0.2) is 52.3 Å². The summed E-state index contributed by atoms with van der Waals surface area (Å²) in [7, 11) is 3.25. The highest BCUT2D eigenvalue weighted by atomic mass is 16.5. The first-order valence-corrected chi connectivity index (χ1v) is 7.97. The van der Waals surface area contributed by atoms with E-state index in [0.717, 1.165) is 19.3 Å². The molecule has 0 saturated heterocycles. The second-order valence-corrected chi connectivity index (χ2v) is 5.46. The molecule has 128 valence electrons. The number of carbonyl (C=O) groups is 1. The van der Waals surface area contributed by atoms with Gasteiger partial charge in [0.1, 0.15) is 6.29 Å². The number of hydrogen-bond acceptors (Lipinski definition) is 5. The molecule has 3 N–H and O–H groups in total. The average molecular weight is 304 g/mol. The SMILES string of the molecule is CCCCC(CC)COCC(N)CNC(C)C=O.COC. The van der Waals surface area contributed by atoms with E-state index in [2.05, 4.69) is 23.9 Å². The lowest BCUT2D eigenvalue weighted by Gasteiger charge is -2.18. The van der Waals surface area contributed by atoms with Gasteiger partial charge in [0.2, 0.25) is 0 Å². The zero-order valence-electron chi connectivity index (χ0n) is 14.6. The molecule has 0 saturated carbocycles. The van der Waals surface area contributed by atoms with Gasteiger partial charge in [-0.2, -0.15) is 0 Å². The fraction of sp³-hybridized carbons (Fsp3) is 0.938. The summed E-state index contributed by atoms with van der Waals surface area (Å²) in [6.45, 7) is 8.21. The number of ether oxygens (including phenoxy) is 2. The summed E-state index contributed by atoms with van der Waals surface area (Å²) >= 11 is 0. The van der Waals surface area contributed by atoms with Crippen molar-refractivity contribution in [3.63, 3.8) is 0 Å². The lowest BCUT2D eigenvalue weighted by atomic mass is 10.0. The van der Waals surface area contributed by atoms with Crippen LogP contribution in [0.15, 0.2) is 0 Å². The van der Waals surface area contributed by atoms with E-state index in [1.807, 2.05) is 6.92 Å². The van der Waals surface area contributed by atoms with Crippen LogP contribution in [0.2, 0.25) is 0 Å². The smallest absolute Gasteiger partial charge is 0.136 e. The summed E-state index contributed by atoms with van der Waals surface area (Å²) in [6.07, 6.45) is 5.79. The Bertz CT molecular complexity index is 216. The van der Waals surface area contributed by atoms with Crippen LogP contribution in [0, 0.1) is 5.92 Å². The molecule has 3 atom stereocenters. The highest BCUT2D eigenvalue weighted by Crippen LogP contribution is 2.12. The van der Waals surface area contributed by atoms with Crippen molar-refractivity contribution >= 4 is 6.29 Å². The number of hydrogen-bond donors (Lipinski definition) is 2. The van der Waals surface area contributed by atoms with Gasteiger partial charge in [0.15, 0.2) is 0 Å². The standard InChI is InChI=1S/C14H30N2O2.C2H6O/c1-4-6-7-13(5-2)10-18-11-14(15)8-16-12(3)9-17;1-3-2/h9,12-14,16H,4-8,10-11,15H2,1-3H3;1-2H3. The maximum absolute atomic E-state index is 10.4. The molecule has 0 aliphatic rings. The number of unbranched alkanes of at least 4 members (excludes halogenated alkanes) is 1. The van der Waals surface area contributed by atoms with Gasteiger partial charge in [0.25, 0.3) is 0 Å². The fourth-order valence-corrected chi connectivity index (χ4v) is 1.73. The van der Waals surface area contributed by atoms with Crippen molar-refractivity contribution in [2.75, 3.05) is 34.0 Å². The van der Waals surface area contributed by atoms with E-state index < -0.39 is 0 Å². The van der Waals surface area contributed by atoms with E-state index in [1.165, 1.54) is 19.3 Å². The van der Waals surface area contributed by atoms with Gasteiger partial charge < -0.3 is 25.3 Å². The molecule has 0 aromatic carbocycles. The minimum absolute atomic E-state index is 0.0453. The van der Waals surface area contributed by atoms with Crippen molar-refractivity contribution < 1.29 is 14.3 Å². The first-order chi connectivity index (χ1) is 10.0. The second-order valence-electron chi connectivity index (χ2n) is 5.46. The van der Waals surface area contributed by atoms with Gasteiger partial charge in [-0.25, -0.2) is 0 Å². The predicted molar refractivity (Wildman–Crippen MR) is 88.6 cm³/mol. The third-order valence-electron chi connectivity index (χ3n) is 3.13. The molecular weight excluding hydrogens is 268 g/mol. The van der Waals surface area contributed by atoms with Crippen molar-refractivity contribution in [2.24, 2.45) is 11.7 Å². The molecule has 0 aliphatic heterocycles. The van der Waals surface area contributed by atoms with Crippen LogP contribution in [0.3, 0.4) is 0 Å². The lowest BCUT2D eigenvalue weighted by molar-refractivity contribution is -0.109. The van der Waals surface area contributed by atoms with Crippen LogP contribution < -0.4 is 11.1 Å². The summed E-state index contributed by atoms with van der Waals surface area (Å²) in [5, 5.41) is 3.05. The molecule has 0 bridgehead atoms. The van der Waals surface area contributed by atoms with Gasteiger partial charge in [0.05, 0.1) is 12.6 Å². The summed E-state index contributed by atoms with van der Waals surface area (Å²) < 4.78 is 9.91. The molecule has 0 aliphatic carbocycles. The molecule has 0 fully saturated rings. The Hall–Kier alpha value is -0.490. The monoisotopic (exact) mass is 304 g/mol. The summed E-state index contributed by atoms with van der Waals surface area (Å²) in [5.74, 6) is 0.652. The van der Waals surface area contributed by atoms with E-state index in [-0.39, 0.29) is 12.1 Å². The summed E-state index contributed by atoms with van der Waals surface area (Å²) in [6, 6.07) is -0.180. The van der Waals surface area contributed by atoms with Crippen molar-refractivity contribution in [1.29, 1.82) is 0 Å². The van der Waals surface area contributed by atoms with Crippen LogP contribution in [0.4, 0.5) is 0 Å². The van der Waals surface area contributed by atoms with Gasteiger partial charge in [-0.15, -0.1) is 0 Å². The van der Waals surface area contributed by atoms with Crippen LogP contribution in [0.5, 0.6) is 0 Å². The van der Waals surface area contributed by atoms with Crippen molar-refractivity contribution in [3.05, 3.63) is 0 Å². The highest BCUT2D eigenvalue weighted by molar-refractivity contribution is 5.56. The van der Waals surface area contributed by atoms with Gasteiger partial charge in [0, 0.05) is 33.4 Å². The zero-order chi connectivity index (χ0) is 16.5. The molecule has 5 heteroatoms. The van der Waals surface area contributed by atoms with Gasteiger partial charge in [-0.1, -0.05) is 33.1 Å². The topological polar surface area (TPSA) is 73.6 Å². The fourth-order valence-electron chi connectivity index (χ4n) is 1.73. The number of rotatable bonds is 12. The Balaban J connectivity index is 0. The zero-order valence-corrected chi connectivity index (χ0v) is 14.6. The van der Waals surface area contributed by atoms with E-state index in [1.54, 1.807) is 14.2 Å². The molecule has 0 rings (SSSR count). The molecule has 0 aromatic heterocycles. The van der Waals surface area contributed by atoms with E-state index >= 15 is 0 Å². The van der Waals surface area contributed by atoms with E-state index in [4.69, 9.17) is 10.5 Å². The molecule has 21 heavy (non-hydrogen) atoms. The molecule has 3 unspecified atom stereocenters. The highest BCUT2D eigenvalue weighted by Gasteiger charge is 2.09. The molecule has 0 heterocycles. The van der Waals surface area contributed by atoms with Crippen molar-refractivity contribution in [3.8, 4) is 0 Å². The Morgan fingerprint density at radius 3 is 2.33 bits per heavy atom. The van der Waals surface area contributed by atoms with E-state index in [9.17, 15) is 4.79 Å². The minimum atomic E-state index is -0.135. The molecular formula is C16H36N2O3. The maximum atomic E-state index is 10.4. The van der Waals surface area contributed by atoms with Crippen LogP contribution >= 0.6 is 0 Å². The van der Waals surface area contributed by atoms with Crippen LogP contribution in [0.1, 0.15) is 46.5 Å². The third-order valence-corrected chi connectivity index (χ3v) is 3.13. The summed E-state index contributed by atoms with van der Waals surface area (Å²) in [5.41, 5.74) is 5.90.